The van der Waals surface area contributed by atoms with Crippen molar-refractivity contribution in [2.45, 2.75) is 25.4 Å². The molecule has 3 rings (SSSR count). The maximum atomic E-state index is 11.9. The number of carbonyl (C=O) groups excluding carboxylic acids is 1. The molecular weight excluding hydrogens is 266 g/mol. The smallest absolute Gasteiger partial charge is 0.290 e. The van der Waals surface area contributed by atoms with Gasteiger partial charge in [-0.1, -0.05) is 35.5 Å². The van der Waals surface area contributed by atoms with E-state index in [1.807, 2.05) is 6.07 Å². The number of carbonyl (C=O) groups is 1. The van der Waals surface area contributed by atoms with Gasteiger partial charge in [0, 0.05) is 31.7 Å². The summed E-state index contributed by atoms with van der Waals surface area (Å²) in [6.07, 6.45) is 3.41. The Labute approximate surface area is 123 Å². The predicted octanol–water partition coefficient (Wildman–Crippen LogP) is 2.07. The summed E-state index contributed by atoms with van der Waals surface area (Å²) in [5.74, 6) is 0.107. The van der Waals surface area contributed by atoms with Crippen LogP contribution in [0.1, 0.15) is 29.0 Å². The number of likely N-dealkylation sites (tertiary alicyclic amines) is 1. The van der Waals surface area contributed by atoms with Crippen molar-refractivity contribution < 1.29 is 9.32 Å². The minimum Gasteiger partial charge on any atom is -0.351 e. The minimum absolute atomic E-state index is 0.172. The topological polar surface area (TPSA) is 58.4 Å². The minimum atomic E-state index is -0.172. The van der Waals surface area contributed by atoms with Crippen LogP contribution in [0.15, 0.2) is 47.1 Å². The second kappa shape index (κ2) is 6.54. The summed E-state index contributed by atoms with van der Waals surface area (Å²) in [5, 5.41) is 6.56. The number of nitrogens with one attached hydrogen (secondary N) is 1. The van der Waals surface area contributed by atoms with Crippen molar-refractivity contribution in [2.75, 3.05) is 13.1 Å². The van der Waals surface area contributed by atoms with Gasteiger partial charge in [0.1, 0.15) is 0 Å². The van der Waals surface area contributed by atoms with Gasteiger partial charge in [-0.25, -0.2) is 0 Å². The average molecular weight is 285 g/mol. The highest BCUT2D eigenvalue weighted by Gasteiger charge is 2.22. The van der Waals surface area contributed by atoms with Crippen LogP contribution in [0, 0.1) is 0 Å². The van der Waals surface area contributed by atoms with Crippen molar-refractivity contribution in [1.82, 2.24) is 15.4 Å². The molecule has 1 fully saturated rings. The third-order valence-electron chi connectivity index (χ3n) is 3.83. The standard InChI is InChI=1S/C16H19N3O2/c20-16(15-6-9-17-21-15)18-14-7-10-19(11-8-14)12-13-4-2-1-3-5-13/h1-6,9,14H,7-8,10-12H2,(H,18,20). The Morgan fingerprint density at radius 2 is 2.00 bits per heavy atom. The number of piperidine rings is 1. The fraction of sp³-hybridized carbons (Fsp3) is 0.375. The molecule has 1 amide bonds. The van der Waals surface area contributed by atoms with Crippen LogP contribution in [0.4, 0.5) is 0 Å². The van der Waals surface area contributed by atoms with Gasteiger partial charge in [0.25, 0.3) is 5.91 Å². The Morgan fingerprint density at radius 1 is 1.24 bits per heavy atom. The summed E-state index contributed by atoms with van der Waals surface area (Å²) in [7, 11) is 0. The van der Waals surface area contributed by atoms with E-state index < -0.39 is 0 Å². The molecule has 0 unspecified atom stereocenters. The average Bonchev–Trinajstić information content (AvgIpc) is 3.05. The van der Waals surface area contributed by atoms with E-state index in [4.69, 9.17) is 4.52 Å². The summed E-state index contributed by atoms with van der Waals surface area (Å²) in [6.45, 7) is 2.97. The molecule has 5 heteroatoms. The van der Waals surface area contributed by atoms with Crippen LogP contribution < -0.4 is 5.32 Å². The van der Waals surface area contributed by atoms with Crippen molar-refractivity contribution >= 4 is 5.91 Å². The van der Waals surface area contributed by atoms with Gasteiger partial charge in [-0.3, -0.25) is 9.69 Å². The molecule has 1 aromatic carbocycles. The lowest BCUT2D eigenvalue weighted by atomic mass is 10.0. The van der Waals surface area contributed by atoms with E-state index in [-0.39, 0.29) is 17.7 Å². The molecule has 110 valence electrons. The monoisotopic (exact) mass is 285 g/mol. The lowest BCUT2D eigenvalue weighted by molar-refractivity contribution is 0.0872. The number of nitrogens with zero attached hydrogens (tertiary/aromatic N) is 2. The van der Waals surface area contributed by atoms with E-state index in [1.54, 1.807) is 6.07 Å². The van der Waals surface area contributed by atoms with E-state index in [2.05, 4.69) is 39.6 Å². The van der Waals surface area contributed by atoms with E-state index in [9.17, 15) is 4.79 Å². The van der Waals surface area contributed by atoms with Crippen LogP contribution in [0.3, 0.4) is 0 Å². The zero-order chi connectivity index (χ0) is 14.5. The highest BCUT2D eigenvalue weighted by Crippen LogP contribution is 2.14. The molecule has 1 aromatic heterocycles. The first kappa shape index (κ1) is 13.8. The first-order valence-electron chi connectivity index (χ1n) is 7.29. The first-order valence-corrected chi connectivity index (χ1v) is 7.29. The highest BCUT2D eigenvalue weighted by atomic mass is 16.5. The van der Waals surface area contributed by atoms with Crippen molar-refractivity contribution in [3.05, 3.63) is 53.9 Å². The quantitative estimate of drug-likeness (QED) is 0.934. The van der Waals surface area contributed by atoms with Crippen LogP contribution in [0.25, 0.3) is 0 Å². The van der Waals surface area contributed by atoms with Crippen LogP contribution in [-0.4, -0.2) is 35.1 Å². The normalized spacial score (nSPS) is 16.8. The summed E-state index contributed by atoms with van der Waals surface area (Å²) >= 11 is 0. The number of benzene rings is 1. The van der Waals surface area contributed by atoms with Gasteiger partial charge in [0.2, 0.25) is 5.76 Å². The van der Waals surface area contributed by atoms with Crippen LogP contribution in [0.5, 0.6) is 0 Å². The molecule has 0 radical (unpaired) electrons. The van der Waals surface area contributed by atoms with E-state index in [0.29, 0.717) is 0 Å². The molecule has 2 heterocycles. The molecule has 1 saturated heterocycles. The van der Waals surface area contributed by atoms with Crippen LogP contribution >= 0.6 is 0 Å². The molecule has 21 heavy (non-hydrogen) atoms. The summed E-state index contributed by atoms with van der Waals surface area (Å²) in [5.41, 5.74) is 1.33. The molecule has 5 nitrogen and oxygen atoms in total. The fourth-order valence-corrected chi connectivity index (χ4v) is 2.67. The largest absolute Gasteiger partial charge is 0.351 e. The van der Waals surface area contributed by atoms with Gasteiger partial charge < -0.3 is 9.84 Å². The van der Waals surface area contributed by atoms with Gasteiger partial charge in [0.05, 0.1) is 6.20 Å². The van der Waals surface area contributed by atoms with Gasteiger partial charge in [-0.15, -0.1) is 0 Å². The Hall–Kier alpha value is -2.14. The van der Waals surface area contributed by atoms with Gasteiger partial charge >= 0.3 is 0 Å². The van der Waals surface area contributed by atoms with Crippen molar-refractivity contribution in [3.63, 3.8) is 0 Å². The highest BCUT2D eigenvalue weighted by molar-refractivity contribution is 5.91. The van der Waals surface area contributed by atoms with Crippen molar-refractivity contribution in [3.8, 4) is 0 Å². The second-order valence-corrected chi connectivity index (χ2v) is 5.39. The molecule has 0 saturated carbocycles. The lowest BCUT2D eigenvalue weighted by Crippen LogP contribution is -2.44. The first-order chi connectivity index (χ1) is 10.3. The molecule has 0 aliphatic carbocycles. The number of hydrogen-bond donors (Lipinski definition) is 1. The number of hydrogen-bond acceptors (Lipinski definition) is 4. The number of rotatable bonds is 4. The fourth-order valence-electron chi connectivity index (χ4n) is 2.67. The van der Waals surface area contributed by atoms with Gasteiger partial charge in [-0.2, -0.15) is 0 Å². The van der Waals surface area contributed by atoms with Crippen LogP contribution in [0.2, 0.25) is 0 Å². The Balaban J connectivity index is 1.46. The Kier molecular flexibility index (Phi) is 4.31. The predicted molar refractivity (Wildman–Crippen MR) is 78.7 cm³/mol. The molecule has 0 bridgehead atoms. The van der Waals surface area contributed by atoms with Crippen molar-refractivity contribution in [1.29, 1.82) is 0 Å². The summed E-state index contributed by atoms with van der Waals surface area (Å²) in [4.78, 5) is 14.3. The number of amides is 1. The zero-order valence-electron chi connectivity index (χ0n) is 11.9. The number of aromatic nitrogens is 1. The Morgan fingerprint density at radius 3 is 2.67 bits per heavy atom. The van der Waals surface area contributed by atoms with Crippen molar-refractivity contribution in [2.24, 2.45) is 0 Å². The SMILES string of the molecule is O=C(NC1CCN(Cc2ccccc2)CC1)c1ccno1. The zero-order valence-corrected chi connectivity index (χ0v) is 11.9. The summed E-state index contributed by atoms with van der Waals surface area (Å²) in [6, 6.07) is 12.3. The third-order valence-corrected chi connectivity index (χ3v) is 3.83. The molecule has 0 atom stereocenters. The molecular formula is C16H19N3O2. The van der Waals surface area contributed by atoms with Gasteiger partial charge in [0.15, 0.2) is 0 Å². The second-order valence-electron chi connectivity index (χ2n) is 5.39. The molecule has 1 N–H and O–H groups in total. The Bertz CT molecular complexity index is 560. The molecule has 2 aromatic rings. The molecule has 1 aliphatic heterocycles. The van der Waals surface area contributed by atoms with E-state index in [0.717, 1.165) is 32.5 Å². The maximum Gasteiger partial charge on any atom is 0.290 e. The molecule has 0 spiro atoms. The van der Waals surface area contributed by atoms with Crippen LogP contribution in [-0.2, 0) is 6.54 Å². The maximum absolute atomic E-state index is 11.9. The van der Waals surface area contributed by atoms with Gasteiger partial charge in [-0.05, 0) is 18.4 Å². The molecule has 1 aliphatic rings. The van der Waals surface area contributed by atoms with E-state index >= 15 is 0 Å². The summed E-state index contributed by atoms with van der Waals surface area (Å²) < 4.78 is 4.86. The van der Waals surface area contributed by atoms with E-state index in [1.165, 1.54) is 11.8 Å². The third kappa shape index (κ3) is 3.70. The lowest BCUT2D eigenvalue weighted by Gasteiger charge is -2.32.